The molecule has 2 fully saturated rings. The molecule has 2 aliphatic heterocycles. The van der Waals surface area contributed by atoms with Crippen molar-refractivity contribution in [2.24, 2.45) is 14.1 Å². The number of esters is 1. The van der Waals surface area contributed by atoms with Crippen molar-refractivity contribution in [2.45, 2.75) is 78.4 Å². The van der Waals surface area contributed by atoms with Crippen molar-refractivity contribution in [3.63, 3.8) is 0 Å². The normalized spacial score (nSPS) is 15.2. The average molecular weight is 732 g/mol. The van der Waals surface area contributed by atoms with E-state index in [1.54, 1.807) is 75.4 Å². The summed E-state index contributed by atoms with van der Waals surface area (Å²) in [4.78, 5) is 86.6. The van der Waals surface area contributed by atoms with Crippen LogP contribution < -0.4 is 15.1 Å². The lowest BCUT2D eigenvalue weighted by molar-refractivity contribution is -0.140. The highest BCUT2D eigenvalue weighted by Gasteiger charge is 2.33. The van der Waals surface area contributed by atoms with Gasteiger partial charge in [-0.3, -0.25) is 38.8 Å². The molecular formula is C34H53N9O9. The molecule has 0 saturated carbocycles. The first-order chi connectivity index (χ1) is 24.2. The van der Waals surface area contributed by atoms with Crippen LogP contribution >= 0.6 is 0 Å². The quantitative estimate of drug-likeness (QED) is 0.308. The number of nitrogens with one attached hydrogen (secondary N) is 1. The van der Waals surface area contributed by atoms with E-state index in [1.165, 1.54) is 16.9 Å². The number of anilines is 2. The maximum absolute atomic E-state index is 12.5. The molecule has 288 valence electrons. The van der Waals surface area contributed by atoms with Crippen molar-refractivity contribution >= 4 is 47.5 Å². The minimum Gasteiger partial charge on any atom is -0.469 e. The van der Waals surface area contributed by atoms with Crippen LogP contribution in [0.1, 0.15) is 66.0 Å². The fourth-order valence-electron chi connectivity index (χ4n) is 5.16. The van der Waals surface area contributed by atoms with Crippen LogP contribution in [0.15, 0.2) is 12.4 Å². The summed E-state index contributed by atoms with van der Waals surface area (Å²) in [7, 11) is 6.58. The molecule has 0 unspecified atom stereocenters. The van der Waals surface area contributed by atoms with E-state index in [1.807, 2.05) is 18.7 Å². The third kappa shape index (κ3) is 12.0. The minimum atomic E-state index is -0.604. The molecule has 18 nitrogen and oxygen atoms in total. The summed E-state index contributed by atoms with van der Waals surface area (Å²) in [6, 6.07) is 0. The van der Waals surface area contributed by atoms with E-state index in [-0.39, 0.29) is 43.2 Å². The Hall–Kier alpha value is -5.16. The molecule has 4 rings (SSSR count). The summed E-state index contributed by atoms with van der Waals surface area (Å²) < 4.78 is 18.8. The third-order valence-corrected chi connectivity index (χ3v) is 7.85. The van der Waals surface area contributed by atoms with Crippen LogP contribution in [0.25, 0.3) is 0 Å². The predicted octanol–water partition coefficient (Wildman–Crippen LogP) is 1.79. The number of piperazine rings is 2. The zero-order valence-electron chi connectivity index (χ0n) is 32.0. The second-order valence-corrected chi connectivity index (χ2v) is 14.4. The number of aromatic nitrogens is 4. The number of hydrogen-bond donors (Lipinski definition) is 1. The number of nitrogens with zero attached hydrogens (tertiary/aromatic N) is 8. The van der Waals surface area contributed by atoms with Crippen LogP contribution in [-0.4, -0.2) is 129 Å². The van der Waals surface area contributed by atoms with Crippen LogP contribution in [0, 0.1) is 0 Å². The first-order valence-electron chi connectivity index (χ1n) is 17.1. The summed E-state index contributed by atoms with van der Waals surface area (Å²) in [5.74, 6) is 1.67. The van der Waals surface area contributed by atoms with Gasteiger partial charge in [0.2, 0.25) is 17.7 Å². The van der Waals surface area contributed by atoms with Crippen molar-refractivity contribution in [1.29, 1.82) is 0 Å². The van der Waals surface area contributed by atoms with Gasteiger partial charge >= 0.3 is 18.2 Å². The molecule has 1 N–H and O–H groups in total. The van der Waals surface area contributed by atoms with E-state index >= 15 is 0 Å². The monoisotopic (exact) mass is 731 g/mol. The first-order valence-corrected chi connectivity index (χ1v) is 17.1. The lowest BCUT2D eigenvalue weighted by Gasteiger charge is -2.34. The maximum Gasteiger partial charge on any atom is 0.410 e. The summed E-state index contributed by atoms with van der Waals surface area (Å²) in [5.41, 5.74) is -1.20. The van der Waals surface area contributed by atoms with E-state index in [2.05, 4.69) is 20.0 Å². The number of carbonyl (C=O) groups is 6. The van der Waals surface area contributed by atoms with Crippen LogP contribution in [0.5, 0.6) is 0 Å². The molecule has 2 aromatic heterocycles. The highest BCUT2D eigenvalue weighted by atomic mass is 16.6. The Morgan fingerprint density at radius 2 is 1.12 bits per heavy atom. The van der Waals surface area contributed by atoms with Crippen LogP contribution in [-0.2, 0) is 60.3 Å². The molecule has 0 atom stereocenters. The lowest BCUT2D eigenvalue weighted by atomic mass is 10.2. The lowest BCUT2D eigenvalue weighted by Crippen LogP contribution is -2.53. The van der Waals surface area contributed by atoms with Crippen LogP contribution in [0.2, 0.25) is 0 Å². The Balaban J connectivity index is 0.000000280. The van der Waals surface area contributed by atoms with Gasteiger partial charge in [0.15, 0.2) is 11.6 Å². The smallest absolute Gasteiger partial charge is 0.410 e. The van der Waals surface area contributed by atoms with E-state index in [4.69, 9.17) is 9.47 Å². The zero-order chi connectivity index (χ0) is 39.0. The molecule has 2 saturated heterocycles. The molecule has 2 aromatic rings. The van der Waals surface area contributed by atoms with Gasteiger partial charge in [-0.2, -0.15) is 0 Å². The topological polar surface area (TPSA) is 191 Å². The Morgan fingerprint density at radius 3 is 1.46 bits per heavy atom. The molecule has 0 radical (unpaired) electrons. The molecule has 18 heteroatoms. The minimum absolute atomic E-state index is 0.0426. The third-order valence-electron chi connectivity index (χ3n) is 7.85. The van der Waals surface area contributed by atoms with Gasteiger partial charge in [0.05, 0.1) is 13.5 Å². The Bertz CT molecular complexity index is 1500. The van der Waals surface area contributed by atoms with Crippen molar-refractivity contribution in [2.75, 3.05) is 63.2 Å². The van der Waals surface area contributed by atoms with Crippen LogP contribution in [0.3, 0.4) is 0 Å². The maximum atomic E-state index is 12.5. The van der Waals surface area contributed by atoms with Gasteiger partial charge in [0.25, 0.3) is 0 Å². The number of amides is 5. The molecule has 52 heavy (non-hydrogen) atoms. The Labute approximate surface area is 304 Å². The van der Waals surface area contributed by atoms with Gasteiger partial charge < -0.3 is 28.7 Å². The number of rotatable bonds is 8. The second kappa shape index (κ2) is 17.4. The summed E-state index contributed by atoms with van der Waals surface area (Å²) in [5, 5.41) is 2.57. The fraction of sp³-hybridized carbons (Fsp3) is 0.647. The molecule has 0 bridgehead atoms. The van der Waals surface area contributed by atoms with Gasteiger partial charge in [-0.05, 0) is 41.5 Å². The van der Waals surface area contributed by atoms with E-state index in [0.717, 1.165) is 5.82 Å². The van der Waals surface area contributed by atoms with Crippen molar-refractivity contribution in [1.82, 2.24) is 34.2 Å². The first kappa shape index (κ1) is 41.3. The van der Waals surface area contributed by atoms with Crippen molar-refractivity contribution in [3.05, 3.63) is 24.0 Å². The number of aryl methyl sites for hydroxylation is 4. The van der Waals surface area contributed by atoms with Gasteiger partial charge in [0, 0.05) is 79.0 Å². The molecule has 2 aliphatic rings. The molecule has 0 aromatic carbocycles. The van der Waals surface area contributed by atoms with Crippen molar-refractivity contribution in [3.8, 4) is 0 Å². The van der Waals surface area contributed by atoms with Crippen LogP contribution in [0.4, 0.5) is 21.2 Å². The van der Waals surface area contributed by atoms with E-state index in [0.29, 0.717) is 62.9 Å². The molecule has 4 heterocycles. The molecule has 0 spiro atoms. The average Bonchev–Trinajstić information content (AvgIpc) is 3.61. The molecular weight excluding hydrogens is 678 g/mol. The molecule has 0 aliphatic carbocycles. The summed E-state index contributed by atoms with van der Waals surface area (Å²) in [6.07, 6.45) is 4.00. The summed E-state index contributed by atoms with van der Waals surface area (Å²) in [6.45, 7) is 12.1. The van der Waals surface area contributed by atoms with Crippen molar-refractivity contribution < 1.29 is 43.0 Å². The highest BCUT2D eigenvalue weighted by Crippen LogP contribution is 2.21. The summed E-state index contributed by atoms with van der Waals surface area (Å²) >= 11 is 0. The second-order valence-electron chi connectivity index (χ2n) is 14.4. The number of carbonyl (C=O) groups excluding carboxylic acids is 6. The fourth-order valence-corrected chi connectivity index (χ4v) is 5.16. The largest absolute Gasteiger partial charge is 0.469 e. The number of imidazole rings is 2. The number of methoxy groups -OCH3 is 1. The van der Waals surface area contributed by atoms with Gasteiger partial charge in [-0.25, -0.2) is 19.6 Å². The van der Waals surface area contributed by atoms with E-state index < -0.39 is 23.4 Å². The number of hydrogen-bond acceptors (Lipinski definition) is 11. The highest BCUT2D eigenvalue weighted by molar-refractivity contribution is 5.97. The Morgan fingerprint density at radius 1 is 0.712 bits per heavy atom. The van der Waals surface area contributed by atoms with E-state index in [9.17, 15) is 28.8 Å². The SMILES string of the molecule is CNC(=O)CCc1nc(N2CCN(C(=O)OC(C)(C)C)CC2=O)cn1C.COC(=O)CCc1nc(N2CCN(C(=O)OC(C)(C)C)CC2=O)cn1C. The van der Waals surface area contributed by atoms with Gasteiger partial charge in [-0.1, -0.05) is 0 Å². The molecule has 5 amide bonds. The van der Waals surface area contributed by atoms with Gasteiger partial charge in [0.1, 0.15) is 35.9 Å². The Kier molecular flexibility index (Phi) is 13.8. The van der Waals surface area contributed by atoms with Gasteiger partial charge in [-0.15, -0.1) is 0 Å². The standard InChI is InChI=1S/C17H27N5O4.C17H26N4O5/c1-17(2,3)26-16(25)21-8-9-22(15(24)11-21)13-10-20(5)12(19-13)6-7-14(23)18-4;1-17(2,3)26-16(24)20-8-9-21(14(22)11-20)13-10-19(4)12(18-13)6-7-15(23)25-5/h10H,6-9,11H2,1-5H3,(H,18,23);10H,6-9,11H2,1-5H3. The predicted molar refractivity (Wildman–Crippen MR) is 189 cm³/mol. The zero-order valence-corrected chi connectivity index (χ0v) is 32.0. The number of ether oxygens (including phenoxy) is 3.